The Balaban J connectivity index is 2.52. The van der Waals surface area contributed by atoms with Crippen LogP contribution in [0.3, 0.4) is 0 Å². The van der Waals surface area contributed by atoms with Crippen LogP contribution < -0.4 is 9.47 Å². The Morgan fingerprint density at radius 3 is 2.85 bits per heavy atom. The molecular weight excluding hydrogens is 168 g/mol. The van der Waals surface area contributed by atoms with Crippen LogP contribution >= 0.6 is 0 Å². The fourth-order valence-electron chi connectivity index (χ4n) is 1.27. The number of hydrogen-bond acceptors (Lipinski definition) is 3. The normalized spacial score (nSPS) is 13.9. The van der Waals surface area contributed by atoms with Gasteiger partial charge in [-0.25, -0.2) is 0 Å². The number of rotatable bonds is 1. The molecule has 0 spiro atoms. The number of carbonyl (C=O) groups is 1. The summed E-state index contributed by atoms with van der Waals surface area (Å²) in [5, 5.41) is 0. The first kappa shape index (κ1) is 8.10. The largest absolute Gasteiger partial charge is 0.486 e. The third-order valence-corrected chi connectivity index (χ3v) is 1.83. The molecule has 0 amide bonds. The van der Waals surface area contributed by atoms with Gasteiger partial charge in [0.15, 0.2) is 17.3 Å². The van der Waals surface area contributed by atoms with E-state index in [0.717, 1.165) is 0 Å². The van der Waals surface area contributed by atoms with Crippen LogP contribution in [-0.2, 0) is 0 Å². The summed E-state index contributed by atoms with van der Waals surface area (Å²) < 4.78 is 10.6. The molecule has 1 aromatic carbocycles. The van der Waals surface area contributed by atoms with E-state index >= 15 is 0 Å². The van der Waals surface area contributed by atoms with Gasteiger partial charge in [-0.1, -0.05) is 6.07 Å². The lowest BCUT2D eigenvalue weighted by molar-refractivity contribution is 0.103. The molecular formula is C10H8O3. The van der Waals surface area contributed by atoms with Crippen LogP contribution in [0.2, 0.25) is 0 Å². The molecule has 3 heteroatoms. The zero-order valence-corrected chi connectivity index (χ0v) is 6.95. The van der Waals surface area contributed by atoms with E-state index < -0.39 is 5.78 Å². The fourth-order valence-corrected chi connectivity index (χ4v) is 1.27. The standard InChI is InChI=1S/C10H8O3/c1-7(11)8-3-2-4-9-10(8)13-6-5-12-9/h1-4H,5-6H2. The molecule has 1 aromatic rings. The lowest BCUT2D eigenvalue weighted by Crippen LogP contribution is -2.17. The minimum Gasteiger partial charge on any atom is -0.486 e. The predicted octanol–water partition coefficient (Wildman–Crippen LogP) is 1.35. The molecule has 0 aliphatic carbocycles. The highest BCUT2D eigenvalue weighted by atomic mass is 16.6. The van der Waals surface area contributed by atoms with Gasteiger partial charge in [0.2, 0.25) is 0 Å². The van der Waals surface area contributed by atoms with Gasteiger partial charge in [0.05, 0.1) is 5.56 Å². The Morgan fingerprint density at radius 2 is 2.08 bits per heavy atom. The summed E-state index contributed by atoms with van der Waals surface area (Å²) in [6, 6.07) is 5.09. The molecule has 13 heavy (non-hydrogen) atoms. The summed E-state index contributed by atoms with van der Waals surface area (Å²) in [6.45, 7) is 6.13. The van der Waals surface area contributed by atoms with E-state index in [1.807, 2.05) is 0 Å². The summed E-state index contributed by atoms with van der Waals surface area (Å²) in [6.07, 6.45) is 0. The number of ketones is 1. The van der Waals surface area contributed by atoms with Crippen LogP contribution in [0.4, 0.5) is 0 Å². The van der Waals surface area contributed by atoms with Crippen LogP contribution in [0.5, 0.6) is 11.5 Å². The van der Waals surface area contributed by atoms with Crippen LogP contribution in [-0.4, -0.2) is 19.0 Å². The molecule has 0 saturated heterocycles. The third-order valence-electron chi connectivity index (χ3n) is 1.83. The second-order valence-corrected chi connectivity index (χ2v) is 2.69. The Labute approximate surface area is 76.3 Å². The van der Waals surface area contributed by atoms with Gasteiger partial charge in [0, 0.05) is 6.92 Å². The zero-order chi connectivity index (χ0) is 9.26. The van der Waals surface area contributed by atoms with E-state index in [0.29, 0.717) is 30.3 Å². The molecule has 1 aliphatic heterocycles. The lowest BCUT2D eigenvalue weighted by Gasteiger charge is -2.19. The number of carbonyl (C=O) groups excluding carboxylic acids is 1. The lowest BCUT2D eigenvalue weighted by atomic mass is 10.1. The highest BCUT2D eigenvalue weighted by Gasteiger charge is 2.17. The minimum atomic E-state index is -0.498. The molecule has 2 rings (SSSR count). The van der Waals surface area contributed by atoms with Gasteiger partial charge in [-0.3, -0.25) is 4.79 Å². The average molecular weight is 176 g/mol. The van der Waals surface area contributed by atoms with E-state index in [2.05, 4.69) is 0 Å². The SMILES string of the molecule is [CH]C(=O)c1cccc2c1OCCO2. The van der Waals surface area contributed by atoms with Crippen molar-refractivity contribution >= 4 is 5.78 Å². The van der Waals surface area contributed by atoms with Crippen LogP contribution in [0, 0.1) is 6.92 Å². The molecule has 3 nitrogen and oxygen atoms in total. The van der Waals surface area contributed by atoms with Crippen LogP contribution in [0.1, 0.15) is 10.4 Å². The van der Waals surface area contributed by atoms with Crippen molar-refractivity contribution in [3.8, 4) is 11.5 Å². The average Bonchev–Trinajstić information content (AvgIpc) is 2.17. The van der Waals surface area contributed by atoms with E-state index in [-0.39, 0.29) is 0 Å². The predicted molar refractivity (Wildman–Crippen MR) is 46.1 cm³/mol. The van der Waals surface area contributed by atoms with E-state index in [4.69, 9.17) is 16.4 Å². The Hall–Kier alpha value is -1.51. The van der Waals surface area contributed by atoms with Crippen molar-refractivity contribution in [2.24, 2.45) is 0 Å². The molecule has 0 fully saturated rings. The van der Waals surface area contributed by atoms with Gasteiger partial charge in [-0.2, -0.15) is 0 Å². The first-order valence-electron chi connectivity index (χ1n) is 3.97. The van der Waals surface area contributed by atoms with Gasteiger partial charge in [0.25, 0.3) is 0 Å². The first-order chi connectivity index (χ1) is 6.29. The molecule has 0 N–H and O–H groups in total. The number of para-hydroxylation sites is 1. The molecule has 66 valence electrons. The number of hydrogen-bond donors (Lipinski definition) is 0. The summed E-state index contributed by atoms with van der Waals surface area (Å²) >= 11 is 0. The van der Waals surface area contributed by atoms with Crippen molar-refractivity contribution in [1.82, 2.24) is 0 Å². The molecule has 0 saturated carbocycles. The monoisotopic (exact) mass is 176 g/mol. The van der Waals surface area contributed by atoms with Crippen molar-refractivity contribution in [3.05, 3.63) is 30.7 Å². The van der Waals surface area contributed by atoms with Gasteiger partial charge >= 0.3 is 0 Å². The Kier molecular flexibility index (Phi) is 1.93. The summed E-state index contributed by atoms with van der Waals surface area (Å²) in [7, 11) is 0. The van der Waals surface area contributed by atoms with Crippen molar-refractivity contribution < 1.29 is 14.3 Å². The van der Waals surface area contributed by atoms with Gasteiger partial charge in [0.1, 0.15) is 13.2 Å². The summed E-state index contributed by atoms with van der Waals surface area (Å²) in [4.78, 5) is 11.0. The van der Waals surface area contributed by atoms with Crippen LogP contribution in [0.25, 0.3) is 0 Å². The molecule has 1 heterocycles. The van der Waals surface area contributed by atoms with Gasteiger partial charge in [-0.15, -0.1) is 0 Å². The smallest absolute Gasteiger partial charge is 0.172 e. The Morgan fingerprint density at radius 1 is 1.31 bits per heavy atom. The highest BCUT2D eigenvalue weighted by Crippen LogP contribution is 2.33. The van der Waals surface area contributed by atoms with Gasteiger partial charge in [-0.05, 0) is 12.1 Å². The number of benzene rings is 1. The fraction of sp³-hybridized carbons (Fsp3) is 0.200. The minimum absolute atomic E-state index is 0.372. The topological polar surface area (TPSA) is 35.5 Å². The molecule has 0 atom stereocenters. The van der Waals surface area contributed by atoms with E-state index in [1.54, 1.807) is 18.2 Å². The number of Topliss-reactive ketones (excluding diaryl/α,β-unsaturated/α-hetero) is 1. The maximum atomic E-state index is 11.0. The second kappa shape index (κ2) is 3.09. The zero-order valence-electron chi connectivity index (χ0n) is 6.95. The third kappa shape index (κ3) is 1.37. The number of fused-ring (bicyclic) bond motifs is 1. The van der Waals surface area contributed by atoms with E-state index in [1.165, 1.54) is 0 Å². The number of ether oxygens (including phenoxy) is 2. The first-order valence-corrected chi connectivity index (χ1v) is 3.97. The van der Waals surface area contributed by atoms with Crippen LogP contribution in [0.15, 0.2) is 18.2 Å². The van der Waals surface area contributed by atoms with Crippen molar-refractivity contribution in [3.63, 3.8) is 0 Å². The van der Waals surface area contributed by atoms with E-state index in [9.17, 15) is 4.79 Å². The molecule has 1 aliphatic rings. The molecule has 0 aromatic heterocycles. The van der Waals surface area contributed by atoms with Crippen molar-refractivity contribution in [1.29, 1.82) is 0 Å². The molecule has 0 unspecified atom stereocenters. The summed E-state index contributed by atoms with van der Waals surface area (Å²) in [5.74, 6) is 0.547. The quantitative estimate of drug-likeness (QED) is 0.606. The maximum absolute atomic E-state index is 11.0. The molecule has 2 radical (unpaired) electrons. The Bertz CT molecular complexity index is 344. The highest BCUT2D eigenvalue weighted by molar-refractivity contribution is 6.02. The second-order valence-electron chi connectivity index (χ2n) is 2.69. The maximum Gasteiger partial charge on any atom is 0.172 e. The summed E-state index contributed by atoms with van der Waals surface area (Å²) in [5.41, 5.74) is 0.372. The van der Waals surface area contributed by atoms with Gasteiger partial charge < -0.3 is 9.47 Å². The van der Waals surface area contributed by atoms with Crippen molar-refractivity contribution in [2.75, 3.05) is 13.2 Å². The molecule has 0 bridgehead atoms. The van der Waals surface area contributed by atoms with Crippen molar-refractivity contribution in [2.45, 2.75) is 0 Å².